The second-order valence-electron chi connectivity index (χ2n) is 12.1. The Bertz CT molecular complexity index is 1160. The summed E-state index contributed by atoms with van der Waals surface area (Å²) >= 11 is 0. The zero-order valence-corrected chi connectivity index (χ0v) is 21.8. The maximum Gasteiger partial charge on any atom is 0.331 e. The first kappa shape index (κ1) is 26.3. The molecule has 3 fully saturated rings. The third kappa shape index (κ3) is 3.47. The fourth-order valence-corrected chi connectivity index (χ4v) is 8.28. The third-order valence-corrected chi connectivity index (χ3v) is 10.6. The number of rotatable bonds is 4. The SMILES string of the molecule is CC(=O)C1(O)CCC2(O)C3(O)CC=C4CC(O)CCC4(C)C3CC(OC(=O)C=Cc3ccccc3)C12C. The molecule has 0 aliphatic heterocycles. The number of carbonyl (C=O) groups is 2. The summed E-state index contributed by atoms with van der Waals surface area (Å²) in [6.07, 6.45) is 5.37. The highest BCUT2D eigenvalue weighted by molar-refractivity contribution is 5.88. The van der Waals surface area contributed by atoms with Crippen LogP contribution < -0.4 is 0 Å². The van der Waals surface area contributed by atoms with Gasteiger partial charge in [-0.15, -0.1) is 0 Å². The van der Waals surface area contributed by atoms with E-state index in [2.05, 4.69) is 0 Å². The van der Waals surface area contributed by atoms with Gasteiger partial charge >= 0.3 is 5.97 Å². The van der Waals surface area contributed by atoms with E-state index < -0.39 is 57.5 Å². The lowest BCUT2D eigenvalue weighted by molar-refractivity contribution is -0.314. The van der Waals surface area contributed by atoms with Crippen LogP contribution in [0.3, 0.4) is 0 Å². The molecule has 0 saturated heterocycles. The number of ether oxygens (including phenoxy) is 1. The van der Waals surface area contributed by atoms with Crippen molar-refractivity contribution in [2.24, 2.45) is 16.7 Å². The van der Waals surface area contributed by atoms with Crippen LogP contribution in [0.5, 0.6) is 0 Å². The molecule has 4 aliphatic carbocycles. The lowest BCUT2D eigenvalue weighted by Crippen LogP contribution is -2.78. The summed E-state index contributed by atoms with van der Waals surface area (Å²) in [4.78, 5) is 25.9. The van der Waals surface area contributed by atoms with Crippen LogP contribution in [0.2, 0.25) is 0 Å². The molecule has 0 heterocycles. The second-order valence-corrected chi connectivity index (χ2v) is 12.1. The number of hydrogen-bond acceptors (Lipinski definition) is 7. The van der Waals surface area contributed by atoms with Gasteiger partial charge in [0.1, 0.15) is 22.9 Å². The quantitative estimate of drug-likeness (QED) is 0.279. The molecule has 5 rings (SSSR count). The highest BCUT2D eigenvalue weighted by Gasteiger charge is 2.81. The van der Waals surface area contributed by atoms with Gasteiger partial charge < -0.3 is 25.2 Å². The topological polar surface area (TPSA) is 124 Å². The number of carbonyl (C=O) groups excluding carboxylic acids is 2. The van der Waals surface area contributed by atoms with E-state index in [4.69, 9.17) is 4.74 Å². The van der Waals surface area contributed by atoms with Gasteiger partial charge in [0.25, 0.3) is 0 Å². The number of Topliss-reactive ketones (excluding diaryl/α,β-unsaturated/α-hetero) is 1. The molecule has 0 bridgehead atoms. The van der Waals surface area contributed by atoms with Crippen LogP contribution in [0, 0.1) is 16.7 Å². The second kappa shape index (κ2) is 8.60. The predicted octanol–water partition coefficient (Wildman–Crippen LogP) is 3.10. The molecule has 1 aromatic carbocycles. The summed E-state index contributed by atoms with van der Waals surface area (Å²) in [6, 6.07) is 9.29. The lowest BCUT2D eigenvalue weighted by Gasteiger charge is -2.67. The number of aliphatic hydroxyl groups is 4. The molecule has 200 valence electrons. The monoisotopic (exact) mass is 510 g/mol. The minimum Gasteiger partial charge on any atom is -0.458 e. The van der Waals surface area contributed by atoms with E-state index >= 15 is 0 Å². The Morgan fingerprint density at radius 2 is 1.76 bits per heavy atom. The summed E-state index contributed by atoms with van der Waals surface area (Å²) in [5.41, 5.74) is -5.76. The molecule has 7 nitrogen and oxygen atoms in total. The maximum absolute atomic E-state index is 13.1. The van der Waals surface area contributed by atoms with Crippen molar-refractivity contribution in [1.82, 2.24) is 0 Å². The van der Waals surface area contributed by atoms with Gasteiger partial charge in [0.15, 0.2) is 5.78 Å². The first-order valence-electron chi connectivity index (χ1n) is 13.3. The first-order chi connectivity index (χ1) is 17.3. The average molecular weight is 511 g/mol. The highest BCUT2D eigenvalue weighted by Crippen LogP contribution is 2.70. The van der Waals surface area contributed by atoms with Gasteiger partial charge in [0.2, 0.25) is 0 Å². The zero-order chi connectivity index (χ0) is 26.9. The molecule has 0 spiro atoms. The molecule has 0 aromatic heterocycles. The van der Waals surface area contributed by atoms with Gasteiger partial charge in [-0.3, -0.25) is 4.79 Å². The minimum atomic E-state index is -1.97. The molecule has 8 unspecified atom stereocenters. The molecule has 0 radical (unpaired) electrons. The van der Waals surface area contributed by atoms with Gasteiger partial charge in [-0.25, -0.2) is 4.79 Å². The molecule has 1 aromatic rings. The molecule has 7 heteroatoms. The van der Waals surface area contributed by atoms with Gasteiger partial charge in [-0.2, -0.15) is 0 Å². The number of benzene rings is 1. The van der Waals surface area contributed by atoms with Crippen molar-refractivity contribution in [3.8, 4) is 0 Å². The van der Waals surface area contributed by atoms with E-state index in [0.717, 1.165) is 11.1 Å². The van der Waals surface area contributed by atoms with Crippen LogP contribution in [0.1, 0.15) is 71.3 Å². The Morgan fingerprint density at radius 1 is 1.05 bits per heavy atom. The van der Waals surface area contributed by atoms with Crippen molar-refractivity contribution in [2.75, 3.05) is 0 Å². The summed E-state index contributed by atoms with van der Waals surface area (Å²) < 4.78 is 6.00. The third-order valence-electron chi connectivity index (χ3n) is 10.6. The average Bonchev–Trinajstić information content (AvgIpc) is 3.10. The molecule has 3 saturated carbocycles. The van der Waals surface area contributed by atoms with Crippen LogP contribution >= 0.6 is 0 Å². The molecule has 8 atom stereocenters. The van der Waals surface area contributed by atoms with Crippen LogP contribution in [-0.4, -0.2) is 61.2 Å². The van der Waals surface area contributed by atoms with Crippen LogP contribution in [0.15, 0.2) is 48.1 Å². The molecule has 0 amide bonds. The van der Waals surface area contributed by atoms with Crippen LogP contribution in [0.4, 0.5) is 0 Å². The fraction of sp³-hybridized carbons (Fsp3) is 0.600. The number of fused-ring (bicyclic) bond motifs is 5. The van der Waals surface area contributed by atoms with E-state index in [1.54, 1.807) is 13.0 Å². The fourth-order valence-electron chi connectivity index (χ4n) is 8.28. The van der Waals surface area contributed by atoms with Crippen molar-refractivity contribution in [1.29, 1.82) is 0 Å². The van der Waals surface area contributed by atoms with E-state index in [1.807, 2.05) is 43.3 Å². The largest absolute Gasteiger partial charge is 0.458 e. The Hall–Kier alpha value is -2.32. The highest BCUT2D eigenvalue weighted by atomic mass is 16.5. The van der Waals surface area contributed by atoms with E-state index in [0.29, 0.717) is 19.3 Å². The summed E-state index contributed by atoms with van der Waals surface area (Å²) in [7, 11) is 0. The van der Waals surface area contributed by atoms with Crippen molar-refractivity contribution in [3.63, 3.8) is 0 Å². The van der Waals surface area contributed by atoms with E-state index in [-0.39, 0.29) is 25.7 Å². The Morgan fingerprint density at radius 3 is 2.43 bits per heavy atom. The molecular weight excluding hydrogens is 472 g/mol. The molecular formula is C30H38O7. The summed E-state index contributed by atoms with van der Waals surface area (Å²) in [5, 5.41) is 46.8. The zero-order valence-electron chi connectivity index (χ0n) is 21.8. The molecule has 4 aliphatic rings. The van der Waals surface area contributed by atoms with E-state index in [9.17, 15) is 30.0 Å². The number of aliphatic hydroxyl groups excluding tert-OH is 1. The standard InChI is InChI=1S/C30H38O7/c1-19(31)28(34)15-16-30(36)27(28,3)24(37-25(33)10-9-20-7-5-4-6-8-20)18-23-26(2)13-12-22(32)17-21(26)11-14-29(23,30)35/h4-11,22-24,32,34-36H,12-18H2,1-3H3. The molecule has 4 N–H and O–H groups in total. The van der Waals surface area contributed by atoms with E-state index in [1.165, 1.54) is 13.0 Å². The van der Waals surface area contributed by atoms with Crippen LogP contribution in [0.25, 0.3) is 6.08 Å². The smallest absolute Gasteiger partial charge is 0.331 e. The maximum atomic E-state index is 13.1. The minimum absolute atomic E-state index is 0.00234. The Balaban J connectivity index is 1.58. The summed E-state index contributed by atoms with van der Waals surface area (Å²) in [5.74, 6) is -1.65. The van der Waals surface area contributed by atoms with Crippen LogP contribution in [-0.2, 0) is 14.3 Å². The number of ketones is 1. The van der Waals surface area contributed by atoms with Crippen molar-refractivity contribution >= 4 is 17.8 Å². The van der Waals surface area contributed by atoms with Crippen molar-refractivity contribution < 1.29 is 34.8 Å². The van der Waals surface area contributed by atoms with Crippen molar-refractivity contribution in [3.05, 3.63) is 53.6 Å². The Labute approximate surface area is 217 Å². The van der Waals surface area contributed by atoms with Gasteiger partial charge in [-0.05, 0) is 75.8 Å². The summed E-state index contributed by atoms with van der Waals surface area (Å²) in [6.45, 7) is 4.91. The molecule has 37 heavy (non-hydrogen) atoms. The van der Waals surface area contributed by atoms with Gasteiger partial charge in [0.05, 0.1) is 11.5 Å². The van der Waals surface area contributed by atoms with Crippen molar-refractivity contribution in [2.45, 2.75) is 94.7 Å². The first-order valence-corrected chi connectivity index (χ1v) is 13.3. The van der Waals surface area contributed by atoms with Gasteiger partial charge in [-0.1, -0.05) is 48.9 Å². The lowest BCUT2D eigenvalue weighted by atomic mass is 9.42. The number of esters is 1. The normalized spacial score (nSPS) is 44.9. The van der Waals surface area contributed by atoms with Gasteiger partial charge in [0, 0.05) is 12.0 Å². The predicted molar refractivity (Wildman–Crippen MR) is 137 cm³/mol. The Kier molecular flexibility index (Phi) is 6.11. The number of hydrogen-bond donors (Lipinski definition) is 4.